The fourth-order valence-corrected chi connectivity index (χ4v) is 8.31. The Hall–Kier alpha value is -5.64. The number of hydrogen-bond donors (Lipinski definition) is 0. The van der Waals surface area contributed by atoms with Crippen molar-refractivity contribution in [1.29, 1.82) is 0 Å². The van der Waals surface area contributed by atoms with Gasteiger partial charge in [0.15, 0.2) is 0 Å². The van der Waals surface area contributed by atoms with E-state index < -0.39 is 0 Å². The summed E-state index contributed by atoms with van der Waals surface area (Å²) in [6.07, 6.45) is 0. The molecule has 0 aliphatic heterocycles. The van der Waals surface area contributed by atoms with Gasteiger partial charge in [-0.2, -0.15) is 0 Å². The Balaban J connectivity index is 1.24. The molecule has 0 radical (unpaired) electrons. The number of anilines is 3. The molecule has 2 aromatic heterocycles. The maximum atomic E-state index is 6.23. The average molecular weight is 592 g/mol. The molecule has 3 heteroatoms. The lowest BCUT2D eigenvalue weighted by molar-refractivity contribution is 0.669. The number of furan rings is 1. The van der Waals surface area contributed by atoms with Crippen LogP contribution in [0.1, 0.15) is 0 Å². The van der Waals surface area contributed by atoms with Crippen LogP contribution in [0.25, 0.3) is 74.4 Å². The molecule has 0 aliphatic rings. The van der Waals surface area contributed by atoms with E-state index in [1.807, 2.05) is 23.5 Å². The second-order valence-corrected chi connectivity index (χ2v) is 12.8. The molecule has 0 saturated heterocycles. The lowest BCUT2D eigenvalue weighted by atomic mass is 9.95. The van der Waals surface area contributed by atoms with Crippen molar-refractivity contribution in [2.45, 2.75) is 0 Å². The molecule has 0 unspecified atom stereocenters. The number of hydrogen-bond acceptors (Lipinski definition) is 3. The molecular formula is C42H25NOS. The number of nitrogens with zero attached hydrogens (tertiary/aromatic N) is 1. The summed E-state index contributed by atoms with van der Waals surface area (Å²) < 4.78 is 8.84. The van der Waals surface area contributed by atoms with Crippen LogP contribution in [0.3, 0.4) is 0 Å². The molecule has 0 amide bonds. The molecule has 210 valence electrons. The van der Waals surface area contributed by atoms with Crippen LogP contribution >= 0.6 is 11.3 Å². The molecule has 0 fully saturated rings. The molecule has 0 atom stereocenters. The molecule has 2 heterocycles. The summed E-state index contributed by atoms with van der Waals surface area (Å²) in [5, 5.41) is 12.3. The van der Waals surface area contributed by atoms with Crippen molar-refractivity contribution in [2.24, 2.45) is 0 Å². The Morgan fingerprint density at radius 1 is 0.400 bits per heavy atom. The Morgan fingerprint density at radius 3 is 2.02 bits per heavy atom. The monoisotopic (exact) mass is 591 g/mol. The van der Waals surface area contributed by atoms with Crippen LogP contribution in [0.2, 0.25) is 0 Å². The van der Waals surface area contributed by atoms with Gasteiger partial charge in [0, 0.05) is 42.3 Å². The minimum atomic E-state index is 0.927. The lowest BCUT2D eigenvalue weighted by Crippen LogP contribution is -2.10. The van der Waals surface area contributed by atoms with Crippen molar-refractivity contribution >= 4 is 103 Å². The van der Waals surface area contributed by atoms with Crippen LogP contribution < -0.4 is 4.90 Å². The second kappa shape index (κ2) is 9.43. The summed E-state index contributed by atoms with van der Waals surface area (Å²) in [6.45, 7) is 0. The molecule has 0 bridgehead atoms. The SMILES string of the molecule is c1ccc(N(c2ccc3c(ccc4ccc5cc6oc7ccccc7c6cc5c43)c2)c2cccc3sc4ccccc4c23)cc1. The zero-order valence-electron chi connectivity index (χ0n) is 24.2. The Kier molecular flexibility index (Phi) is 5.19. The lowest BCUT2D eigenvalue weighted by Gasteiger charge is -2.27. The highest BCUT2D eigenvalue weighted by Crippen LogP contribution is 2.46. The van der Waals surface area contributed by atoms with Crippen molar-refractivity contribution in [3.05, 3.63) is 152 Å². The van der Waals surface area contributed by atoms with Crippen LogP contribution in [-0.2, 0) is 0 Å². The van der Waals surface area contributed by atoms with Gasteiger partial charge in [0.25, 0.3) is 0 Å². The number of benzene rings is 8. The van der Waals surface area contributed by atoms with Gasteiger partial charge in [0.2, 0.25) is 0 Å². The number of rotatable bonds is 3. The van der Waals surface area contributed by atoms with Crippen LogP contribution in [0, 0.1) is 0 Å². The van der Waals surface area contributed by atoms with E-state index in [1.165, 1.54) is 58.2 Å². The van der Waals surface area contributed by atoms with Crippen molar-refractivity contribution in [1.82, 2.24) is 0 Å². The van der Waals surface area contributed by atoms with Crippen LogP contribution in [0.15, 0.2) is 156 Å². The van der Waals surface area contributed by atoms with Crippen LogP contribution in [-0.4, -0.2) is 0 Å². The van der Waals surface area contributed by atoms with Gasteiger partial charge >= 0.3 is 0 Å². The highest BCUT2D eigenvalue weighted by atomic mass is 32.1. The average Bonchev–Trinajstić information content (AvgIpc) is 3.66. The zero-order chi connectivity index (χ0) is 29.5. The summed E-state index contributed by atoms with van der Waals surface area (Å²) >= 11 is 1.86. The van der Waals surface area contributed by atoms with Crippen LogP contribution in [0.5, 0.6) is 0 Å². The normalized spacial score (nSPS) is 12.0. The van der Waals surface area contributed by atoms with Crippen molar-refractivity contribution in [3.63, 3.8) is 0 Å². The molecule has 8 aromatic carbocycles. The number of fused-ring (bicyclic) bond motifs is 11. The minimum absolute atomic E-state index is 0.927. The van der Waals surface area contributed by atoms with Crippen LogP contribution in [0.4, 0.5) is 17.1 Å². The van der Waals surface area contributed by atoms with Gasteiger partial charge < -0.3 is 9.32 Å². The summed E-state index contributed by atoms with van der Waals surface area (Å²) in [5.74, 6) is 0. The summed E-state index contributed by atoms with van der Waals surface area (Å²) in [7, 11) is 0. The molecule has 10 rings (SSSR count). The van der Waals surface area contributed by atoms with Gasteiger partial charge in [-0.1, -0.05) is 91.0 Å². The molecular weight excluding hydrogens is 567 g/mol. The highest BCUT2D eigenvalue weighted by molar-refractivity contribution is 7.26. The quantitative estimate of drug-likeness (QED) is 0.190. The summed E-state index contributed by atoms with van der Waals surface area (Å²) in [6, 6.07) is 54.9. The molecule has 2 nitrogen and oxygen atoms in total. The Bertz CT molecular complexity index is 2770. The van der Waals surface area contributed by atoms with Gasteiger partial charge in [0.05, 0.1) is 5.69 Å². The summed E-state index contributed by atoms with van der Waals surface area (Å²) in [5.41, 5.74) is 5.32. The highest BCUT2D eigenvalue weighted by Gasteiger charge is 2.19. The van der Waals surface area contributed by atoms with E-state index in [0.29, 0.717) is 0 Å². The minimum Gasteiger partial charge on any atom is -0.456 e. The zero-order valence-corrected chi connectivity index (χ0v) is 25.0. The third-order valence-corrected chi connectivity index (χ3v) is 10.3. The summed E-state index contributed by atoms with van der Waals surface area (Å²) in [4.78, 5) is 2.41. The topological polar surface area (TPSA) is 16.4 Å². The van der Waals surface area contributed by atoms with E-state index in [-0.39, 0.29) is 0 Å². The fourth-order valence-electron chi connectivity index (χ4n) is 7.18. The maximum absolute atomic E-state index is 6.23. The maximum Gasteiger partial charge on any atom is 0.136 e. The first kappa shape index (κ1) is 24.8. The molecule has 10 aromatic rings. The van der Waals surface area contributed by atoms with E-state index in [4.69, 9.17) is 4.42 Å². The van der Waals surface area contributed by atoms with E-state index in [1.54, 1.807) is 0 Å². The second-order valence-electron chi connectivity index (χ2n) is 11.7. The molecule has 0 saturated carbocycles. The van der Waals surface area contributed by atoms with Gasteiger partial charge in [-0.15, -0.1) is 11.3 Å². The molecule has 45 heavy (non-hydrogen) atoms. The first-order chi connectivity index (χ1) is 22.3. The van der Waals surface area contributed by atoms with Crippen molar-refractivity contribution < 1.29 is 4.42 Å². The van der Waals surface area contributed by atoms with E-state index in [9.17, 15) is 0 Å². The predicted octanol–water partition coefficient (Wildman–Crippen LogP) is 12.9. The predicted molar refractivity (Wildman–Crippen MR) is 194 cm³/mol. The Labute approximate surface area is 263 Å². The smallest absolute Gasteiger partial charge is 0.136 e. The number of thiophene rings is 1. The van der Waals surface area contributed by atoms with Gasteiger partial charge in [-0.3, -0.25) is 0 Å². The third-order valence-electron chi connectivity index (χ3n) is 9.19. The number of para-hydroxylation sites is 2. The first-order valence-electron chi connectivity index (χ1n) is 15.3. The third kappa shape index (κ3) is 3.68. The van der Waals surface area contributed by atoms with Crippen molar-refractivity contribution in [2.75, 3.05) is 4.90 Å². The van der Waals surface area contributed by atoms with Gasteiger partial charge in [-0.25, -0.2) is 0 Å². The van der Waals surface area contributed by atoms with E-state index in [2.05, 4.69) is 144 Å². The van der Waals surface area contributed by atoms with E-state index in [0.717, 1.165) is 33.3 Å². The van der Waals surface area contributed by atoms with E-state index >= 15 is 0 Å². The largest absolute Gasteiger partial charge is 0.456 e. The van der Waals surface area contributed by atoms with Gasteiger partial charge in [-0.05, 0) is 93.0 Å². The Morgan fingerprint density at radius 2 is 1.13 bits per heavy atom. The molecule has 0 N–H and O–H groups in total. The molecule has 0 aliphatic carbocycles. The standard InChI is InChI=1S/C42H25NOS/c1-2-9-29(10-3-1)43(36-13-8-16-40-42(36)33-12-5-7-15-39(33)45-40)30-21-22-31-27(23-30)19-17-26-18-20-28-24-38-35(25-34(28)41(26)31)32-11-4-6-14-37(32)44-38/h1-25H. The van der Waals surface area contributed by atoms with Crippen molar-refractivity contribution in [3.8, 4) is 0 Å². The fraction of sp³-hybridized carbons (Fsp3) is 0. The van der Waals surface area contributed by atoms with Gasteiger partial charge in [0.1, 0.15) is 11.2 Å². The first-order valence-corrected chi connectivity index (χ1v) is 16.1. The molecule has 0 spiro atoms.